The van der Waals surface area contributed by atoms with Crippen LogP contribution in [0.15, 0.2) is 11.6 Å². The van der Waals surface area contributed by atoms with E-state index >= 15 is 0 Å². The first-order valence-electron chi connectivity index (χ1n) is 5.06. The molecule has 82 valence electrons. The topological polar surface area (TPSA) is 29.5 Å². The third kappa shape index (κ3) is 3.14. The van der Waals surface area contributed by atoms with Gasteiger partial charge in [-0.1, -0.05) is 19.9 Å². The lowest BCUT2D eigenvalue weighted by Crippen LogP contribution is -2.42. The van der Waals surface area contributed by atoms with Crippen LogP contribution >= 0.6 is 0 Å². The fourth-order valence-electron chi connectivity index (χ4n) is 1.48. The molecule has 0 rings (SSSR count). The van der Waals surface area contributed by atoms with Crippen molar-refractivity contribution in [2.24, 2.45) is 0 Å². The molecule has 0 spiro atoms. The van der Waals surface area contributed by atoms with E-state index in [1.165, 1.54) is 7.11 Å². The minimum Gasteiger partial charge on any atom is -0.468 e. The third-order valence-electron chi connectivity index (χ3n) is 2.49. The predicted molar refractivity (Wildman–Crippen MR) is 58.2 cm³/mol. The molecule has 0 aromatic carbocycles. The summed E-state index contributed by atoms with van der Waals surface area (Å²) in [7, 11) is 1.43. The van der Waals surface area contributed by atoms with Gasteiger partial charge in [-0.2, -0.15) is 0 Å². The van der Waals surface area contributed by atoms with Crippen LogP contribution in [0.2, 0.25) is 0 Å². The number of likely N-dealkylation sites (N-methyl/N-ethyl adjacent to an activating group) is 1. The lowest BCUT2D eigenvalue weighted by molar-refractivity contribution is -0.145. The molecule has 1 unspecified atom stereocenters. The number of hydrogen-bond donors (Lipinski definition) is 0. The van der Waals surface area contributed by atoms with Gasteiger partial charge < -0.3 is 4.74 Å². The van der Waals surface area contributed by atoms with Crippen molar-refractivity contribution in [1.82, 2.24) is 4.90 Å². The van der Waals surface area contributed by atoms with Gasteiger partial charge in [0.2, 0.25) is 0 Å². The molecule has 0 aliphatic carbocycles. The van der Waals surface area contributed by atoms with Crippen molar-refractivity contribution in [2.75, 3.05) is 20.2 Å². The Bertz CT molecular complexity index is 207. The molecule has 1 atom stereocenters. The van der Waals surface area contributed by atoms with Crippen molar-refractivity contribution in [3.63, 3.8) is 0 Å². The monoisotopic (exact) mass is 199 g/mol. The number of hydrogen-bond acceptors (Lipinski definition) is 3. The molecule has 0 heterocycles. The fourth-order valence-corrected chi connectivity index (χ4v) is 1.48. The number of ether oxygens (including phenoxy) is 1. The SMILES string of the molecule is C/C=C(/C)C(C(=O)OC)N(CC)CC. The van der Waals surface area contributed by atoms with Gasteiger partial charge in [-0.15, -0.1) is 0 Å². The number of carbonyl (C=O) groups excluding carboxylic acids is 1. The molecule has 0 fully saturated rings. The second-order valence-corrected chi connectivity index (χ2v) is 3.18. The van der Waals surface area contributed by atoms with Crippen LogP contribution < -0.4 is 0 Å². The molecule has 0 saturated heterocycles. The van der Waals surface area contributed by atoms with E-state index in [2.05, 4.69) is 4.90 Å². The summed E-state index contributed by atoms with van der Waals surface area (Å²) >= 11 is 0. The Balaban J connectivity index is 4.79. The van der Waals surface area contributed by atoms with E-state index in [9.17, 15) is 4.79 Å². The Morgan fingerprint density at radius 1 is 1.43 bits per heavy atom. The van der Waals surface area contributed by atoms with Crippen molar-refractivity contribution in [2.45, 2.75) is 33.7 Å². The average molecular weight is 199 g/mol. The van der Waals surface area contributed by atoms with Crippen LogP contribution in [0, 0.1) is 0 Å². The summed E-state index contributed by atoms with van der Waals surface area (Å²) in [6.45, 7) is 9.68. The maximum atomic E-state index is 11.6. The van der Waals surface area contributed by atoms with Crippen LogP contribution in [-0.4, -0.2) is 37.1 Å². The third-order valence-corrected chi connectivity index (χ3v) is 2.49. The zero-order valence-corrected chi connectivity index (χ0v) is 9.83. The molecule has 3 nitrogen and oxygen atoms in total. The molecule has 0 saturated carbocycles. The normalized spacial score (nSPS) is 14.3. The highest BCUT2D eigenvalue weighted by Gasteiger charge is 2.25. The maximum absolute atomic E-state index is 11.6. The highest BCUT2D eigenvalue weighted by molar-refractivity contribution is 5.79. The van der Waals surface area contributed by atoms with Crippen LogP contribution in [0.3, 0.4) is 0 Å². The highest BCUT2D eigenvalue weighted by atomic mass is 16.5. The van der Waals surface area contributed by atoms with E-state index in [1.54, 1.807) is 0 Å². The highest BCUT2D eigenvalue weighted by Crippen LogP contribution is 2.11. The number of methoxy groups -OCH3 is 1. The van der Waals surface area contributed by atoms with Crippen LogP contribution in [0.5, 0.6) is 0 Å². The smallest absolute Gasteiger partial charge is 0.327 e. The molecular formula is C11H21NO2. The largest absolute Gasteiger partial charge is 0.468 e. The molecule has 0 N–H and O–H groups in total. The molecule has 0 amide bonds. The second-order valence-electron chi connectivity index (χ2n) is 3.18. The Morgan fingerprint density at radius 3 is 2.21 bits per heavy atom. The fraction of sp³-hybridized carbons (Fsp3) is 0.727. The Morgan fingerprint density at radius 2 is 1.93 bits per heavy atom. The van der Waals surface area contributed by atoms with Gasteiger partial charge in [0, 0.05) is 0 Å². The molecule has 0 aliphatic rings. The van der Waals surface area contributed by atoms with Gasteiger partial charge in [-0.25, -0.2) is 0 Å². The van der Waals surface area contributed by atoms with Crippen molar-refractivity contribution in [3.05, 3.63) is 11.6 Å². The van der Waals surface area contributed by atoms with E-state index in [0.717, 1.165) is 18.7 Å². The van der Waals surface area contributed by atoms with Gasteiger partial charge in [0.15, 0.2) is 0 Å². The molecule has 0 bridgehead atoms. The van der Waals surface area contributed by atoms with E-state index in [-0.39, 0.29) is 12.0 Å². The van der Waals surface area contributed by atoms with E-state index in [1.807, 2.05) is 33.8 Å². The van der Waals surface area contributed by atoms with Crippen LogP contribution in [0.25, 0.3) is 0 Å². The molecule has 0 aliphatic heterocycles. The number of rotatable bonds is 5. The van der Waals surface area contributed by atoms with Crippen molar-refractivity contribution in [1.29, 1.82) is 0 Å². The molecule has 0 radical (unpaired) electrons. The van der Waals surface area contributed by atoms with Crippen molar-refractivity contribution >= 4 is 5.97 Å². The van der Waals surface area contributed by atoms with Gasteiger partial charge in [-0.3, -0.25) is 9.69 Å². The number of carbonyl (C=O) groups is 1. The van der Waals surface area contributed by atoms with Gasteiger partial charge in [-0.05, 0) is 32.5 Å². The first-order chi connectivity index (χ1) is 6.62. The first-order valence-corrected chi connectivity index (χ1v) is 5.06. The van der Waals surface area contributed by atoms with Gasteiger partial charge in [0.05, 0.1) is 7.11 Å². The van der Waals surface area contributed by atoms with Gasteiger partial charge in [0.25, 0.3) is 0 Å². The summed E-state index contributed by atoms with van der Waals surface area (Å²) in [4.78, 5) is 13.7. The molecule has 0 aromatic heterocycles. The summed E-state index contributed by atoms with van der Waals surface area (Å²) < 4.78 is 4.80. The summed E-state index contributed by atoms with van der Waals surface area (Å²) in [5, 5.41) is 0. The predicted octanol–water partition coefficient (Wildman–Crippen LogP) is 1.84. The summed E-state index contributed by atoms with van der Waals surface area (Å²) in [5.41, 5.74) is 1.04. The van der Waals surface area contributed by atoms with Gasteiger partial charge >= 0.3 is 5.97 Å². The molecular weight excluding hydrogens is 178 g/mol. The van der Waals surface area contributed by atoms with Crippen LogP contribution in [0.4, 0.5) is 0 Å². The maximum Gasteiger partial charge on any atom is 0.327 e. The second kappa shape index (κ2) is 6.60. The minimum absolute atomic E-state index is 0.177. The van der Waals surface area contributed by atoms with E-state index in [4.69, 9.17) is 4.74 Å². The molecule has 3 heteroatoms. The zero-order chi connectivity index (χ0) is 11.1. The van der Waals surface area contributed by atoms with Crippen molar-refractivity contribution < 1.29 is 9.53 Å². The summed E-state index contributed by atoms with van der Waals surface area (Å²) in [6.07, 6.45) is 1.96. The Kier molecular flexibility index (Phi) is 6.21. The first kappa shape index (κ1) is 13.2. The molecule has 14 heavy (non-hydrogen) atoms. The zero-order valence-electron chi connectivity index (χ0n) is 9.83. The van der Waals surface area contributed by atoms with Gasteiger partial charge in [0.1, 0.15) is 6.04 Å². The number of allylic oxidation sites excluding steroid dienone is 1. The molecule has 0 aromatic rings. The number of nitrogens with zero attached hydrogens (tertiary/aromatic N) is 1. The van der Waals surface area contributed by atoms with Crippen molar-refractivity contribution in [3.8, 4) is 0 Å². The lowest BCUT2D eigenvalue weighted by atomic mass is 10.1. The minimum atomic E-state index is -0.222. The summed E-state index contributed by atoms with van der Waals surface area (Å²) in [6, 6.07) is -0.222. The quantitative estimate of drug-likeness (QED) is 0.500. The number of esters is 1. The Hall–Kier alpha value is -0.830. The summed E-state index contributed by atoms with van der Waals surface area (Å²) in [5.74, 6) is -0.177. The average Bonchev–Trinajstić information content (AvgIpc) is 2.23. The van der Waals surface area contributed by atoms with E-state index in [0.29, 0.717) is 0 Å². The van der Waals surface area contributed by atoms with Crippen LogP contribution in [0.1, 0.15) is 27.7 Å². The standard InChI is InChI=1S/C11H21NO2/c1-6-9(4)10(11(13)14-5)12(7-2)8-3/h6,10H,7-8H2,1-5H3/b9-6-. The van der Waals surface area contributed by atoms with Crippen LogP contribution in [-0.2, 0) is 9.53 Å². The van der Waals surface area contributed by atoms with E-state index < -0.39 is 0 Å². The Labute approximate surface area is 86.7 Å². The lowest BCUT2D eigenvalue weighted by Gasteiger charge is -2.27.